The molecule has 1 fully saturated rings. The monoisotopic (exact) mass is 388 g/mol. The van der Waals surface area contributed by atoms with Gasteiger partial charge >= 0.3 is 0 Å². The minimum Gasteiger partial charge on any atom is -0.478 e. The van der Waals surface area contributed by atoms with Crippen LogP contribution in [0.3, 0.4) is 0 Å². The number of carbonyl (C=O) groups excluding carboxylic acids is 1. The molecule has 6 heteroatoms. The molecular formula is C21H25ClN2O3. The van der Waals surface area contributed by atoms with Gasteiger partial charge in [-0.15, -0.1) is 0 Å². The number of hydrogen-bond acceptors (Lipinski definition) is 4. The molecule has 0 spiro atoms. The molecule has 3 rings (SSSR count). The Hall–Kier alpha value is -2.08. The zero-order valence-electron chi connectivity index (χ0n) is 15.7. The van der Waals surface area contributed by atoms with Crippen molar-refractivity contribution in [2.24, 2.45) is 0 Å². The summed E-state index contributed by atoms with van der Waals surface area (Å²) in [5.41, 5.74) is 2.06. The van der Waals surface area contributed by atoms with Crippen molar-refractivity contribution >= 4 is 23.2 Å². The lowest BCUT2D eigenvalue weighted by Gasteiger charge is -2.46. The fourth-order valence-corrected chi connectivity index (χ4v) is 3.25. The molecule has 0 saturated carbocycles. The highest BCUT2D eigenvalue weighted by Crippen LogP contribution is 2.31. The van der Waals surface area contributed by atoms with Gasteiger partial charge in [0.15, 0.2) is 6.10 Å². The maximum Gasteiger partial charge on any atom is 0.270 e. The number of nitrogens with one attached hydrogen (secondary N) is 1. The Morgan fingerprint density at radius 3 is 2.48 bits per heavy atom. The van der Waals surface area contributed by atoms with Gasteiger partial charge in [-0.3, -0.25) is 4.79 Å². The van der Waals surface area contributed by atoms with Crippen molar-refractivity contribution in [2.75, 3.05) is 31.7 Å². The number of β-lactam (4-membered cyclic amide) rings is 1. The van der Waals surface area contributed by atoms with E-state index in [1.165, 1.54) is 0 Å². The van der Waals surface area contributed by atoms with Gasteiger partial charge in [-0.25, -0.2) is 0 Å². The maximum atomic E-state index is 12.8. The molecule has 1 aliphatic rings. The molecule has 27 heavy (non-hydrogen) atoms. The molecule has 2 aromatic carbocycles. The minimum atomic E-state index is -0.512. The molecule has 0 aromatic heterocycles. The average molecular weight is 389 g/mol. The van der Waals surface area contributed by atoms with Crippen molar-refractivity contribution in [1.82, 2.24) is 5.32 Å². The molecule has 144 valence electrons. The summed E-state index contributed by atoms with van der Waals surface area (Å²) in [5.74, 6) is 0.614. The molecule has 1 heterocycles. The Labute approximate surface area is 165 Å². The SMILES string of the molecule is COCCCNC[C@H]1[C@@H](Oc2ccc(Cl)cc2)C(=O)N1c1ccc(C)cc1. The Morgan fingerprint density at radius 1 is 1.11 bits per heavy atom. The first-order valence-electron chi connectivity index (χ1n) is 9.12. The van der Waals surface area contributed by atoms with Gasteiger partial charge in [0.1, 0.15) is 5.75 Å². The number of benzene rings is 2. The first-order valence-corrected chi connectivity index (χ1v) is 9.49. The van der Waals surface area contributed by atoms with Gasteiger partial charge in [-0.05, 0) is 56.3 Å². The molecule has 1 N–H and O–H groups in total. The fourth-order valence-electron chi connectivity index (χ4n) is 3.12. The Kier molecular flexibility index (Phi) is 6.72. The van der Waals surface area contributed by atoms with Gasteiger partial charge in [0, 0.05) is 31.0 Å². The molecule has 1 aliphatic heterocycles. The largest absolute Gasteiger partial charge is 0.478 e. The van der Waals surface area contributed by atoms with Crippen LogP contribution in [0.2, 0.25) is 5.02 Å². The molecule has 1 saturated heterocycles. The molecule has 2 aromatic rings. The molecular weight excluding hydrogens is 364 g/mol. The summed E-state index contributed by atoms with van der Waals surface area (Å²) in [4.78, 5) is 14.6. The van der Waals surface area contributed by atoms with Crippen LogP contribution in [0.5, 0.6) is 5.75 Å². The van der Waals surface area contributed by atoms with Crippen molar-refractivity contribution in [3.8, 4) is 5.75 Å². The smallest absolute Gasteiger partial charge is 0.270 e. The highest BCUT2D eigenvalue weighted by molar-refractivity contribution is 6.30. The van der Waals surface area contributed by atoms with Crippen LogP contribution in [0.4, 0.5) is 5.69 Å². The second-order valence-corrected chi connectivity index (χ2v) is 7.09. The van der Waals surface area contributed by atoms with Gasteiger partial charge in [0.25, 0.3) is 5.91 Å². The number of carbonyl (C=O) groups is 1. The van der Waals surface area contributed by atoms with Crippen LogP contribution in [0, 0.1) is 6.92 Å². The lowest BCUT2D eigenvalue weighted by Crippen LogP contribution is -2.70. The van der Waals surface area contributed by atoms with E-state index in [1.807, 2.05) is 36.1 Å². The number of aryl methyl sites for hydroxylation is 1. The van der Waals surface area contributed by atoms with E-state index in [4.69, 9.17) is 21.1 Å². The first-order chi connectivity index (χ1) is 13.1. The fraction of sp³-hybridized carbons (Fsp3) is 0.381. The number of methoxy groups -OCH3 is 1. The molecule has 0 unspecified atom stereocenters. The van der Waals surface area contributed by atoms with Crippen molar-refractivity contribution in [3.63, 3.8) is 0 Å². The number of hydrogen-bond donors (Lipinski definition) is 1. The van der Waals surface area contributed by atoms with Gasteiger partial charge in [0.2, 0.25) is 0 Å². The first kappa shape index (κ1) is 19.7. The van der Waals surface area contributed by atoms with Crippen LogP contribution in [0.25, 0.3) is 0 Å². The Morgan fingerprint density at radius 2 is 1.81 bits per heavy atom. The van der Waals surface area contributed by atoms with Crippen molar-refractivity contribution in [1.29, 1.82) is 0 Å². The highest BCUT2D eigenvalue weighted by Gasteiger charge is 2.49. The van der Waals surface area contributed by atoms with Crippen molar-refractivity contribution in [3.05, 3.63) is 59.1 Å². The summed E-state index contributed by atoms with van der Waals surface area (Å²) in [6.45, 7) is 4.22. The predicted molar refractivity (Wildman–Crippen MR) is 108 cm³/mol. The lowest BCUT2D eigenvalue weighted by molar-refractivity contribution is -0.134. The third kappa shape index (κ3) is 4.80. The summed E-state index contributed by atoms with van der Waals surface area (Å²) >= 11 is 5.93. The van der Waals surface area contributed by atoms with Crippen LogP contribution in [0.1, 0.15) is 12.0 Å². The summed E-state index contributed by atoms with van der Waals surface area (Å²) < 4.78 is 11.0. The summed E-state index contributed by atoms with van der Waals surface area (Å²) in [6, 6.07) is 15.0. The lowest BCUT2D eigenvalue weighted by atomic mass is 9.96. The Bertz CT molecular complexity index is 749. The van der Waals surface area contributed by atoms with Crippen molar-refractivity contribution in [2.45, 2.75) is 25.5 Å². The van der Waals surface area contributed by atoms with Crippen molar-refractivity contribution < 1.29 is 14.3 Å². The van der Waals surface area contributed by atoms with Crippen LogP contribution < -0.4 is 15.0 Å². The van der Waals surface area contributed by atoms with Gasteiger partial charge in [0.05, 0.1) is 6.04 Å². The van der Waals surface area contributed by atoms with E-state index < -0.39 is 6.10 Å². The second-order valence-electron chi connectivity index (χ2n) is 6.65. The second kappa shape index (κ2) is 9.22. The average Bonchev–Trinajstić information content (AvgIpc) is 2.67. The maximum absolute atomic E-state index is 12.8. The topological polar surface area (TPSA) is 50.8 Å². The van der Waals surface area contributed by atoms with E-state index in [-0.39, 0.29) is 11.9 Å². The van der Waals surface area contributed by atoms with E-state index in [9.17, 15) is 4.79 Å². The normalized spacial score (nSPS) is 19.1. The summed E-state index contributed by atoms with van der Waals surface area (Å²) in [6.07, 6.45) is 0.409. The number of amides is 1. The standard InChI is InChI=1S/C21H25ClN2O3/c1-15-4-8-17(9-5-15)24-19(14-23-12-3-13-26-2)20(21(24)25)27-18-10-6-16(22)7-11-18/h4-11,19-20,23H,3,12-14H2,1-2H3/t19-,20+/m0/s1. The molecule has 5 nitrogen and oxygen atoms in total. The molecule has 0 bridgehead atoms. The summed E-state index contributed by atoms with van der Waals surface area (Å²) in [5, 5.41) is 4.04. The number of rotatable bonds is 9. The zero-order valence-corrected chi connectivity index (χ0v) is 16.4. The van der Waals surface area contributed by atoms with Gasteiger partial charge < -0.3 is 19.7 Å². The summed E-state index contributed by atoms with van der Waals surface area (Å²) in [7, 11) is 1.69. The molecule has 0 aliphatic carbocycles. The van der Waals surface area contributed by atoms with E-state index in [2.05, 4.69) is 5.32 Å². The van der Waals surface area contributed by atoms with E-state index in [0.29, 0.717) is 23.9 Å². The number of anilines is 1. The Balaban J connectivity index is 1.70. The number of nitrogens with zero attached hydrogens (tertiary/aromatic N) is 1. The highest BCUT2D eigenvalue weighted by atomic mass is 35.5. The van der Waals surface area contributed by atoms with Crippen LogP contribution in [-0.4, -0.2) is 44.9 Å². The molecule has 1 amide bonds. The third-order valence-electron chi connectivity index (χ3n) is 4.61. The third-order valence-corrected chi connectivity index (χ3v) is 4.86. The van der Waals surface area contributed by atoms with Gasteiger partial charge in [-0.2, -0.15) is 0 Å². The molecule has 2 atom stereocenters. The van der Waals surface area contributed by atoms with Crippen LogP contribution >= 0.6 is 11.6 Å². The molecule has 0 radical (unpaired) electrons. The van der Waals surface area contributed by atoms with Crippen LogP contribution in [0.15, 0.2) is 48.5 Å². The van der Waals surface area contributed by atoms with E-state index >= 15 is 0 Å². The van der Waals surface area contributed by atoms with Gasteiger partial charge in [-0.1, -0.05) is 29.3 Å². The predicted octanol–water partition coefficient (Wildman–Crippen LogP) is 3.44. The number of ether oxygens (including phenoxy) is 2. The number of halogens is 1. The minimum absolute atomic E-state index is 0.0301. The zero-order chi connectivity index (χ0) is 19.2. The van der Waals surface area contributed by atoms with E-state index in [1.54, 1.807) is 31.4 Å². The van der Waals surface area contributed by atoms with Crippen LogP contribution in [-0.2, 0) is 9.53 Å². The quantitative estimate of drug-likeness (QED) is 0.528. The van der Waals surface area contributed by atoms with E-state index in [0.717, 1.165) is 24.2 Å².